The molecule has 1 fully saturated rings. The number of rotatable bonds is 4. The third-order valence-corrected chi connectivity index (χ3v) is 4.48. The lowest BCUT2D eigenvalue weighted by atomic mass is 10.2. The largest absolute Gasteiger partial charge is 1.00 e. The van der Waals surface area contributed by atoms with E-state index in [0.717, 1.165) is 32.7 Å². The Morgan fingerprint density at radius 3 is 2.42 bits per heavy atom. The fourth-order valence-electron chi connectivity index (χ4n) is 3.04. The molecule has 128 valence electrons. The fraction of sp³-hybridized carbons (Fsp3) is 0.294. The van der Waals surface area contributed by atoms with Gasteiger partial charge in [-0.25, -0.2) is 0 Å². The van der Waals surface area contributed by atoms with Crippen LogP contribution in [0.25, 0.3) is 0 Å². The molecule has 7 heteroatoms. The number of piperazine rings is 1. The van der Waals surface area contributed by atoms with Crippen molar-refractivity contribution in [1.82, 2.24) is 0 Å². The van der Waals surface area contributed by atoms with Crippen molar-refractivity contribution in [3.8, 4) is 0 Å². The summed E-state index contributed by atoms with van der Waals surface area (Å²) in [6, 6.07) is 15.3. The number of nitrogens with one attached hydrogen (secondary N) is 1. The number of quaternary nitrogens is 1. The van der Waals surface area contributed by atoms with Gasteiger partial charge < -0.3 is 22.2 Å². The number of hydrogen-bond acceptors (Lipinski definition) is 3. The van der Waals surface area contributed by atoms with Gasteiger partial charge in [0, 0.05) is 16.7 Å². The Morgan fingerprint density at radius 1 is 1.12 bits per heavy atom. The highest BCUT2D eigenvalue weighted by Gasteiger charge is 2.25. The molecule has 1 saturated heterocycles. The SMILES string of the molecule is O=[N+]([O-])c1cc(Cl)ccc1N1CC[NH+](Cc2ccccc2)CC1.[Cl-]. The second kappa shape index (κ2) is 8.33. The van der Waals surface area contributed by atoms with Gasteiger partial charge in [-0.1, -0.05) is 41.9 Å². The van der Waals surface area contributed by atoms with Crippen molar-refractivity contribution in [3.63, 3.8) is 0 Å². The van der Waals surface area contributed by atoms with Crippen molar-refractivity contribution in [2.75, 3.05) is 31.1 Å². The minimum Gasteiger partial charge on any atom is -1.00 e. The number of anilines is 1. The molecule has 0 saturated carbocycles. The van der Waals surface area contributed by atoms with Gasteiger partial charge in [0.25, 0.3) is 5.69 Å². The molecule has 0 spiro atoms. The normalized spacial score (nSPS) is 15.0. The van der Waals surface area contributed by atoms with Crippen molar-refractivity contribution in [3.05, 3.63) is 69.2 Å². The Labute approximate surface area is 152 Å². The van der Waals surface area contributed by atoms with Crippen LogP contribution < -0.4 is 22.2 Å². The molecule has 2 aromatic rings. The van der Waals surface area contributed by atoms with Crippen LogP contribution in [-0.2, 0) is 6.54 Å². The first-order valence-electron chi connectivity index (χ1n) is 7.70. The molecule has 3 rings (SSSR count). The second-order valence-electron chi connectivity index (χ2n) is 5.79. The van der Waals surface area contributed by atoms with Crippen LogP contribution in [0.2, 0.25) is 5.02 Å². The van der Waals surface area contributed by atoms with Crippen LogP contribution in [0.3, 0.4) is 0 Å². The highest BCUT2D eigenvalue weighted by molar-refractivity contribution is 6.30. The van der Waals surface area contributed by atoms with Crippen LogP contribution in [-0.4, -0.2) is 31.1 Å². The zero-order valence-electron chi connectivity index (χ0n) is 13.1. The first-order valence-corrected chi connectivity index (χ1v) is 8.07. The topological polar surface area (TPSA) is 50.8 Å². The monoisotopic (exact) mass is 367 g/mol. The summed E-state index contributed by atoms with van der Waals surface area (Å²) >= 11 is 5.89. The van der Waals surface area contributed by atoms with Gasteiger partial charge in [0.05, 0.1) is 31.1 Å². The van der Waals surface area contributed by atoms with Crippen molar-refractivity contribution >= 4 is 23.0 Å². The van der Waals surface area contributed by atoms with Crippen molar-refractivity contribution in [2.45, 2.75) is 6.54 Å². The van der Waals surface area contributed by atoms with Crippen molar-refractivity contribution < 1.29 is 22.2 Å². The molecule has 0 amide bonds. The van der Waals surface area contributed by atoms with Crippen LogP contribution in [0.5, 0.6) is 0 Å². The molecule has 1 aliphatic heterocycles. The van der Waals surface area contributed by atoms with E-state index in [-0.39, 0.29) is 23.0 Å². The minimum atomic E-state index is -0.357. The van der Waals surface area contributed by atoms with E-state index in [0.29, 0.717) is 10.7 Å². The quantitative estimate of drug-likeness (QED) is 0.566. The van der Waals surface area contributed by atoms with Gasteiger partial charge in [0.15, 0.2) is 0 Å². The first kappa shape index (κ1) is 18.5. The number of nitrogens with zero attached hydrogens (tertiary/aromatic N) is 2. The maximum absolute atomic E-state index is 11.2. The summed E-state index contributed by atoms with van der Waals surface area (Å²) in [6.07, 6.45) is 0. The molecule has 24 heavy (non-hydrogen) atoms. The molecule has 5 nitrogen and oxygen atoms in total. The predicted molar refractivity (Wildman–Crippen MR) is 91.2 cm³/mol. The average molecular weight is 368 g/mol. The van der Waals surface area contributed by atoms with E-state index in [2.05, 4.69) is 29.2 Å². The minimum absolute atomic E-state index is 0. The Morgan fingerprint density at radius 2 is 1.79 bits per heavy atom. The van der Waals surface area contributed by atoms with Crippen LogP contribution in [0.1, 0.15) is 5.56 Å². The summed E-state index contributed by atoms with van der Waals surface area (Å²) in [5, 5.41) is 11.6. The van der Waals surface area contributed by atoms with Gasteiger partial charge in [0.1, 0.15) is 12.2 Å². The molecule has 1 N–H and O–H groups in total. The molecule has 0 bridgehead atoms. The van der Waals surface area contributed by atoms with Gasteiger partial charge in [-0.15, -0.1) is 0 Å². The Balaban J connectivity index is 0.00000208. The summed E-state index contributed by atoms with van der Waals surface area (Å²) in [6.45, 7) is 4.55. The number of benzene rings is 2. The standard InChI is InChI=1S/C17H18ClN3O2.ClH/c18-15-6-7-16(17(12-15)21(22)23)20-10-8-19(9-11-20)13-14-4-2-1-3-5-14;/h1-7,12H,8-11,13H2;1H. The van der Waals surface area contributed by atoms with Crippen LogP contribution in [0.15, 0.2) is 48.5 Å². The molecular formula is C17H19Cl2N3O2. The molecule has 0 radical (unpaired) electrons. The molecule has 2 aromatic carbocycles. The first-order chi connectivity index (χ1) is 11.1. The summed E-state index contributed by atoms with van der Waals surface area (Å²) in [4.78, 5) is 14.5. The average Bonchev–Trinajstić information content (AvgIpc) is 2.56. The molecule has 0 aliphatic carbocycles. The van der Waals surface area contributed by atoms with E-state index in [4.69, 9.17) is 11.6 Å². The second-order valence-corrected chi connectivity index (χ2v) is 6.23. The van der Waals surface area contributed by atoms with Crippen LogP contribution in [0.4, 0.5) is 11.4 Å². The number of halogens is 2. The summed E-state index contributed by atoms with van der Waals surface area (Å²) in [5.74, 6) is 0. The Hall–Kier alpha value is -1.82. The molecule has 0 unspecified atom stereocenters. The van der Waals surface area contributed by atoms with E-state index < -0.39 is 0 Å². The highest BCUT2D eigenvalue weighted by Crippen LogP contribution is 2.30. The summed E-state index contributed by atoms with van der Waals surface area (Å²) in [5.41, 5.74) is 2.08. The smallest absolute Gasteiger partial charge is 0.294 e. The lowest BCUT2D eigenvalue weighted by molar-refractivity contribution is -0.914. The third-order valence-electron chi connectivity index (χ3n) is 4.24. The maximum atomic E-state index is 11.2. The predicted octanol–water partition coefficient (Wildman–Crippen LogP) is -0.843. The number of nitro groups is 1. The van der Waals surface area contributed by atoms with E-state index in [9.17, 15) is 10.1 Å². The van der Waals surface area contributed by atoms with Crippen molar-refractivity contribution in [2.24, 2.45) is 0 Å². The van der Waals surface area contributed by atoms with E-state index in [1.807, 2.05) is 6.07 Å². The van der Waals surface area contributed by atoms with Crippen molar-refractivity contribution in [1.29, 1.82) is 0 Å². The van der Waals surface area contributed by atoms with E-state index >= 15 is 0 Å². The van der Waals surface area contributed by atoms with Gasteiger partial charge >= 0.3 is 0 Å². The highest BCUT2D eigenvalue weighted by atomic mass is 35.5. The number of hydrogen-bond donors (Lipinski definition) is 1. The van der Waals surface area contributed by atoms with Crippen LogP contribution in [0, 0.1) is 10.1 Å². The van der Waals surface area contributed by atoms with E-state index in [1.165, 1.54) is 16.5 Å². The summed E-state index contributed by atoms with van der Waals surface area (Å²) < 4.78 is 0. The zero-order chi connectivity index (χ0) is 16.2. The lowest BCUT2D eigenvalue weighted by Crippen LogP contribution is -3.13. The summed E-state index contributed by atoms with van der Waals surface area (Å²) in [7, 11) is 0. The molecule has 1 aliphatic rings. The molecule has 0 atom stereocenters. The zero-order valence-corrected chi connectivity index (χ0v) is 14.6. The van der Waals surface area contributed by atoms with Gasteiger partial charge in [0.2, 0.25) is 0 Å². The number of nitro benzene ring substituents is 1. The maximum Gasteiger partial charge on any atom is 0.294 e. The molecule has 0 aromatic heterocycles. The Bertz CT molecular complexity index is 689. The molecule has 1 heterocycles. The van der Waals surface area contributed by atoms with Crippen LogP contribution >= 0.6 is 11.6 Å². The Kier molecular flexibility index (Phi) is 6.43. The molecular weight excluding hydrogens is 349 g/mol. The fourth-order valence-corrected chi connectivity index (χ4v) is 3.20. The van der Waals surface area contributed by atoms with Gasteiger partial charge in [-0.3, -0.25) is 10.1 Å². The van der Waals surface area contributed by atoms with Gasteiger partial charge in [-0.05, 0) is 12.1 Å². The van der Waals surface area contributed by atoms with E-state index in [1.54, 1.807) is 12.1 Å². The van der Waals surface area contributed by atoms with Gasteiger partial charge in [-0.2, -0.15) is 0 Å². The lowest BCUT2D eigenvalue weighted by Gasteiger charge is -2.33. The third kappa shape index (κ3) is 4.38.